The number of hydrogen-bond acceptors (Lipinski definition) is 3. The van der Waals surface area contributed by atoms with Crippen LogP contribution >= 0.6 is 24.0 Å². The Labute approximate surface area is 188 Å². The highest BCUT2D eigenvalue weighted by Crippen LogP contribution is 2.20. The molecule has 1 aliphatic rings. The van der Waals surface area contributed by atoms with Crippen molar-refractivity contribution in [2.24, 2.45) is 4.99 Å². The van der Waals surface area contributed by atoms with E-state index in [1.54, 1.807) is 18.2 Å². The molecule has 6 nitrogen and oxygen atoms in total. The monoisotopic (exact) mass is 524 g/mol. The quantitative estimate of drug-likeness (QED) is 0.224. The third kappa shape index (κ3) is 9.60. The van der Waals surface area contributed by atoms with Gasteiger partial charge in [0.15, 0.2) is 5.96 Å². The Morgan fingerprint density at radius 2 is 2.03 bits per heavy atom. The molecule has 1 fully saturated rings. The molecule has 2 N–H and O–H groups in total. The van der Waals surface area contributed by atoms with E-state index in [1.165, 1.54) is 6.07 Å². The van der Waals surface area contributed by atoms with Crippen LogP contribution in [0.5, 0.6) is 5.75 Å². The van der Waals surface area contributed by atoms with Gasteiger partial charge < -0.3 is 20.3 Å². The van der Waals surface area contributed by atoms with Crippen LogP contribution in [0, 0.1) is 0 Å². The highest BCUT2D eigenvalue weighted by molar-refractivity contribution is 14.0. The second-order valence-corrected chi connectivity index (χ2v) is 6.65. The summed E-state index contributed by atoms with van der Waals surface area (Å²) in [7, 11) is 0. The van der Waals surface area contributed by atoms with Gasteiger partial charge >= 0.3 is 6.61 Å². The molecule has 0 atom stereocenters. The summed E-state index contributed by atoms with van der Waals surface area (Å²) in [5.74, 6) is 0.988. The Balaban J connectivity index is 0.00000420. The number of benzene rings is 1. The van der Waals surface area contributed by atoms with E-state index in [4.69, 9.17) is 0 Å². The van der Waals surface area contributed by atoms with Crippen molar-refractivity contribution in [1.29, 1.82) is 0 Å². The molecule has 0 unspecified atom stereocenters. The third-order valence-corrected chi connectivity index (χ3v) is 4.51. The van der Waals surface area contributed by atoms with Crippen LogP contribution in [0.4, 0.5) is 8.78 Å². The molecule has 0 aromatic heterocycles. The Hall–Kier alpha value is -1.65. The summed E-state index contributed by atoms with van der Waals surface area (Å²) in [6.07, 6.45) is 4.65. The molecule has 1 saturated heterocycles. The summed E-state index contributed by atoms with van der Waals surface area (Å²) in [4.78, 5) is 18.4. The number of nitrogens with one attached hydrogen (secondary N) is 2. The first-order valence-electron chi connectivity index (χ1n) is 9.92. The fourth-order valence-electron chi connectivity index (χ4n) is 3.10. The zero-order valence-corrected chi connectivity index (χ0v) is 19.2. The van der Waals surface area contributed by atoms with Crippen molar-refractivity contribution in [3.63, 3.8) is 0 Å². The summed E-state index contributed by atoms with van der Waals surface area (Å²) < 4.78 is 29.6. The first kappa shape index (κ1) is 25.4. The topological polar surface area (TPSA) is 66.0 Å². The average Bonchev–Trinajstić information content (AvgIpc) is 2.88. The number of aliphatic imine (C=N–C) groups is 1. The number of likely N-dealkylation sites (tertiary alicyclic amines) is 1. The van der Waals surface area contributed by atoms with Gasteiger partial charge in [0, 0.05) is 38.2 Å². The summed E-state index contributed by atoms with van der Waals surface area (Å²) >= 11 is 0. The molecule has 1 aromatic carbocycles. The molecule has 9 heteroatoms. The molecule has 1 amide bonds. The van der Waals surface area contributed by atoms with Crippen LogP contribution in [0.15, 0.2) is 29.3 Å². The maximum Gasteiger partial charge on any atom is 0.387 e. The lowest BCUT2D eigenvalue weighted by atomic mass is 10.2. The zero-order valence-electron chi connectivity index (χ0n) is 16.8. The molecule has 0 spiro atoms. The van der Waals surface area contributed by atoms with E-state index in [0.717, 1.165) is 38.8 Å². The molecule has 1 heterocycles. The number of ether oxygens (including phenoxy) is 1. The van der Waals surface area contributed by atoms with Gasteiger partial charge in [0.05, 0.1) is 6.54 Å². The van der Waals surface area contributed by atoms with Gasteiger partial charge in [-0.25, -0.2) is 4.99 Å². The number of halogens is 3. The zero-order chi connectivity index (χ0) is 20.2. The lowest BCUT2D eigenvalue weighted by Gasteiger charge is -2.20. The molecular weight excluding hydrogens is 493 g/mol. The van der Waals surface area contributed by atoms with Crippen molar-refractivity contribution in [3.05, 3.63) is 29.8 Å². The van der Waals surface area contributed by atoms with Gasteiger partial charge in [-0.3, -0.25) is 4.79 Å². The van der Waals surface area contributed by atoms with Gasteiger partial charge in [0.1, 0.15) is 5.75 Å². The lowest BCUT2D eigenvalue weighted by Crippen LogP contribution is -2.39. The van der Waals surface area contributed by atoms with Crippen molar-refractivity contribution in [2.75, 3.05) is 26.2 Å². The van der Waals surface area contributed by atoms with Crippen molar-refractivity contribution in [2.45, 2.75) is 52.2 Å². The summed E-state index contributed by atoms with van der Waals surface area (Å²) in [5.41, 5.74) is 0.593. The van der Waals surface area contributed by atoms with Crippen molar-refractivity contribution >= 4 is 35.8 Å². The minimum atomic E-state index is -2.86. The fourth-order valence-corrected chi connectivity index (χ4v) is 3.10. The SMILES string of the molecule is CCNC(=NCc1ccccc1OC(F)F)NCCCN1CCCCCC1=O.I. The molecule has 0 radical (unpaired) electrons. The Bertz CT molecular complexity index is 647. The van der Waals surface area contributed by atoms with Crippen LogP contribution in [0.1, 0.15) is 44.6 Å². The van der Waals surface area contributed by atoms with Crippen molar-refractivity contribution in [3.8, 4) is 5.75 Å². The molecule has 2 rings (SSSR count). The van der Waals surface area contributed by atoms with Crippen LogP contribution in [0.3, 0.4) is 0 Å². The maximum absolute atomic E-state index is 12.5. The van der Waals surface area contributed by atoms with E-state index in [1.807, 2.05) is 11.8 Å². The normalized spacial score (nSPS) is 15.0. The van der Waals surface area contributed by atoms with Crippen LogP contribution in [0.2, 0.25) is 0 Å². The maximum atomic E-state index is 12.5. The number of carbonyl (C=O) groups is 1. The second kappa shape index (κ2) is 14.4. The number of alkyl halides is 2. The number of para-hydroxylation sites is 1. The standard InChI is InChI=1S/C20H30F2N4O2.HI/c1-2-23-20(24-12-8-14-26-13-7-3-4-11-18(26)27)25-15-16-9-5-6-10-17(16)28-19(21)22;/h5-6,9-10,19H,2-4,7-8,11-15H2,1H3,(H2,23,24,25);1H. The van der Waals surface area contributed by atoms with Crippen molar-refractivity contribution < 1.29 is 18.3 Å². The average molecular weight is 524 g/mol. The minimum absolute atomic E-state index is 0. The summed E-state index contributed by atoms with van der Waals surface area (Å²) in [5, 5.41) is 6.37. The van der Waals surface area contributed by atoms with E-state index in [2.05, 4.69) is 20.4 Å². The van der Waals surface area contributed by atoms with Gasteiger partial charge in [-0.15, -0.1) is 24.0 Å². The predicted octanol–water partition coefficient (Wildman–Crippen LogP) is 3.75. The Kier molecular flexibility index (Phi) is 12.6. The van der Waals surface area contributed by atoms with E-state index in [0.29, 0.717) is 31.0 Å². The first-order valence-corrected chi connectivity index (χ1v) is 9.92. The van der Waals surface area contributed by atoms with E-state index in [9.17, 15) is 13.6 Å². The number of carbonyl (C=O) groups excluding carboxylic acids is 1. The Morgan fingerprint density at radius 1 is 1.24 bits per heavy atom. The van der Waals surface area contributed by atoms with Crippen LogP contribution in [-0.2, 0) is 11.3 Å². The predicted molar refractivity (Wildman–Crippen MR) is 121 cm³/mol. The van der Waals surface area contributed by atoms with E-state index >= 15 is 0 Å². The number of amides is 1. The first-order chi connectivity index (χ1) is 13.6. The summed E-state index contributed by atoms with van der Waals surface area (Å²) in [6, 6.07) is 6.64. The molecule has 0 bridgehead atoms. The molecule has 0 aliphatic carbocycles. The van der Waals surface area contributed by atoms with Gasteiger partial charge in [0.25, 0.3) is 0 Å². The number of nitrogens with zero attached hydrogens (tertiary/aromatic N) is 2. The highest BCUT2D eigenvalue weighted by Gasteiger charge is 2.15. The second-order valence-electron chi connectivity index (χ2n) is 6.65. The number of guanidine groups is 1. The largest absolute Gasteiger partial charge is 0.434 e. The lowest BCUT2D eigenvalue weighted by molar-refractivity contribution is -0.130. The molecular formula is C20H31F2IN4O2. The number of hydrogen-bond donors (Lipinski definition) is 2. The van der Waals surface area contributed by atoms with Crippen LogP contribution in [0.25, 0.3) is 0 Å². The summed E-state index contributed by atoms with van der Waals surface area (Å²) in [6.45, 7) is 2.25. The van der Waals surface area contributed by atoms with Crippen molar-refractivity contribution in [1.82, 2.24) is 15.5 Å². The molecule has 164 valence electrons. The van der Waals surface area contributed by atoms with Gasteiger partial charge in [0.2, 0.25) is 5.91 Å². The fraction of sp³-hybridized carbons (Fsp3) is 0.600. The van der Waals surface area contributed by atoms with E-state index < -0.39 is 6.61 Å². The van der Waals surface area contributed by atoms with Gasteiger partial charge in [-0.05, 0) is 32.3 Å². The van der Waals surface area contributed by atoms with Crippen LogP contribution < -0.4 is 15.4 Å². The van der Waals surface area contributed by atoms with Crippen LogP contribution in [-0.4, -0.2) is 49.6 Å². The highest BCUT2D eigenvalue weighted by atomic mass is 127. The van der Waals surface area contributed by atoms with Gasteiger partial charge in [-0.2, -0.15) is 8.78 Å². The molecule has 1 aliphatic heterocycles. The Morgan fingerprint density at radius 3 is 2.79 bits per heavy atom. The molecule has 29 heavy (non-hydrogen) atoms. The molecule has 1 aromatic rings. The van der Waals surface area contributed by atoms with E-state index in [-0.39, 0.29) is 42.2 Å². The smallest absolute Gasteiger partial charge is 0.387 e. The third-order valence-electron chi connectivity index (χ3n) is 4.51. The molecule has 0 saturated carbocycles. The minimum Gasteiger partial charge on any atom is -0.434 e. The van der Waals surface area contributed by atoms with Gasteiger partial charge in [-0.1, -0.05) is 24.6 Å². The number of rotatable bonds is 9.